The van der Waals surface area contributed by atoms with Gasteiger partial charge in [0.15, 0.2) is 6.10 Å². The topological polar surface area (TPSA) is 180 Å². The average molecular weight is 712 g/mol. The SMILES string of the molecule is CC(NC(=O)C(Cc1ccccc1)NC(=O)C(NC(=O)c1ccc(-c2ccccc2)cc1)C(C)C)C(=O)NC(CCCC(N)=O)C(O)C(F)(F)F. The number of nitrogens with two attached hydrogens (primary N) is 1. The minimum atomic E-state index is -5.07. The molecule has 0 radical (unpaired) electrons. The summed E-state index contributed by atoms with van der Waals surface area (Å²) in [6, 6.07) is 19.6. The van der Waals surface area contributed by atoms with Gasteiger partial charge in [0.05, 0.1) is 6.04 Å². The number of benzene rings is 3. The molecule has 0 spiro atoms. The molecule has 3 aromatic carbocycles. The van der Waals surface area contributed by atoms with Gasteiger partial charge in [0.25, 0.3) is 5.91 Å². The second-order valence-corrected chi connectivity index (χ2v) is 12.6. The minimum Gasteiger partial charge on any atom is -0.382 e. The number of nitrogens with one attached hydrogen (secondary N) is 4. The lowest BCUT2D eigenvalue weighted by Crippen LogP contribution is -2.59. The van der Waals surface area contributed by atoms with Crippen LogP contribution in [0, 0.1) is 5.92 Å². The normalized spacial score (nSPS) is 14.4. The molecule has 7 N–H and O–H groups in total. The second-order valence-electron chi connectivity index (χ2n) is 12.6. The molecule has 51 heavy (non-hydrogen) atoms. The minimum absolute atomic E-state index is 0.0189. The van der Waals surface area contributed by atoms with Crippen molar-refractivity contribution in [1.29, 1.82) is 0 Å². The number of alkyl halides is 3. The molecule has 0 heterocycles. The van der Waals surface area contributed by atoms with E-state index in [0.717, 1.165) is 11.1 Å². The molecular formula is C37H44F3N5O6. The van der Waals surface area contributed by atoms with Gasteiger partial charge in [-0.05, 0) is 54.5 Å². The second kappa shape index (κ2) is 18.7. The fourth-order valence-corrected chi connectivity index (χ4v) is 5.25. The number of aliphatic hydroxyl groups is 1. The number of rotatable bonds is 17. The van der Waals surface area contributed by atoms with Crippen molar-refractivity contribution in [3.05, 3.63) is 96.1 Å². The summed E-state index contributed by atoms with van der Waals surface area (Å²) < 4.78 is 40.0. The Kier molecular flexibility index (Phi) is 14.7. The third-order valence-corrected chi connectivity index (χ3v) is 8.14. The standard InChI is InChI=1S/C37H44F3N5O6/c1-22(2)31(45-34(49)27-19-17-26(18-20-27)25-13-8-5-9-14-25)36(51)44-29(21-24-11-6-4-7-12-24)35(50)42-23(3)33(48)43-28(15-10-16-30(41)46)32(47)37(38,39)40/h4-9,11-14,17-20,22-23,28-29,31-32,47H,10,15-16,21H2,1-3H3,(H2,41,46)(H,42,50)(H,43,48)(H,44,51)(H,45,49). The zero-order chi connectivity index (χ0) is 37.7. The highest BCUT2D eigenvalue weighted by Crippen LogP contribution is 2.25. The number of primary amides is 1. The summed E-state index contributed by atoms with van der Waals surface area (Å²) in [5.74, 6) is -4.20. The molecule has 0 saturated heterocycles. The summed E-state index contributed by atoms with van der Waals surface area (Å²) >= 11 is 0. The Hall–Kier alpha value is -5.24. The van der Waals surface area contributed by atoms with Crippen LogP contribution in [-0.4, -0.2) is 71.1 Å². The first-order valence-corrected chi connectivity index (χ1v) is 16.5. The van der Waals surface area contributed by atoms with Gasteiger partial charge in [0.1, 0.15) is 18.1 Å². The molecule has 5 amide bonds. The summed E-state index contributed by atoms with van der Waals surface area (Å²) in [6.45, 7) is 4.67. The van der Waals surface area contributed by atoms with Crippen LogP contribution in [-0.2, 0) is 25.6 Å². The van der Waals surface area contributed by atoms with Crippen LogP contribution in [0.15, 0.2) is 84.9 Å². The van der Waals surface area contributed by atoms with E-state index in [9.17, 15) is 42.3 Å². The monoisotopic (exact) mass is 711 g/mol. The average Bonchev–Trinajstić information content (AvgIpc) is 3.09. The third-order valence-electron chi connectivity index (χ3n) is 8.14. The quantitative estimate of drug-likeness (QED) is 0.125. The van der Waals surface area contributed by atoms with E-state index in [1.54, 1.807) is 68.4 Å². The van der Waals surface area contributed by atoms with Gasteiger partial charge in [-0.1, -0.05) is 86.6 Å². The van der Waals surface area contributed by atoms with Crippen molar-refractivity contribution in [2.75, 3.05) is 0 Å². The predicted molar refractivity (Wildman–Crippen MR) is 185 cm³/mol. The van der Waals surface area contributed by atoms with E-state index in [2.05, 4.69) is 21.3 Å². The molecule has 3 rings (SSSR count). The number of hydrogen-bond donors (Lipinski definition) is 6. The summed E-state index contributed by atoms with van der Waals surface area (Å²) in [5.41, 5.74) is 7.90. The van der Waals surface area contributed by atoms with E-state index >= 15 is 0 Å². The summed E-state index contributed by atoms with van der Waals surface area (Å²) in [6.07, 6.45) is -8.84. The number of aliphatic hydroxyl groups excluding tert-OH is 1. The Morgan fingerprint density at radius 2 is 1.29 bits per heavy atom. The Bertz CT molecular complexity index is 1620. The first-order chi connectivity index (χ1) is 24.1. The van der Waals surface area contributed by atoms with Crippen LogP contribution in [0.3, 0.4) is 0 Å². The van der Waals surface area contributed by atoms with Gasteiger partial charge >= 0.3 is 6.18 Å². The highest BCUT2D eigenvalue weighted by atomic mass is 19.4. The van der Waals surface area contributed by atoms with Gasteiger partial charge in [-0.3, -0.25) is 24.0 Å². The third kappa shape index (κ3) is 12.5. The number of amides is 5. The summed E-state index contributed by atoms with van der Waals surface area (Å²) in [5, 5.41) is 19.8. The molecule has 3 aromatic rings. The molecule has 0 saturated carbocycles. The van der Waals surface area contributed by atoms with Crippen LogP contribution in [0.1, 0.15) is 56.0 Å². The molecule has 0 bridgehead atoms. The Morgan fingerprint density at radius 1 is 0.725 bits per heavy atom. The maximum atomic E-state index is 13.6. The lowest BCUT2D eigenvalue weighted by Gasteiger charge is -2.28. The van der Waals surface area contributed by atoms with E-state index in [4.69, 9.17) is 5.73 Å². The van der Waals surface area contributed by atoms with Crippen LogP contribution in [0.25, 0.3) is 11.1 Å². The first-order valence-electron chi connectivity index (χ1n) is 16.5. The van der Waals surface area contributed by atoms with E-state index in [1.165, 1.54) is 6.92 Å². The van der Waals surface area contributed by atoms with Crippen LogP contribution < -0.4 is 27.0 Å². The molecule has 0 aliphatic rings. The molecule has 0 aromatic heterocycles. The predicted octanol–water partition coefficient (Wildman–Crippen LogP) is 3.40. The lowest BCUT2D eigenvalue weighted by molar-refractivity contribution is -0.212. The maximum absolute atomic E-state index is 13.6. The highest BCUT2D eigenvalue weighted by molar-refractivity contribution is 5.99. The number of halogens is 3. The largest absolute Gasteiger partial charge is 0.416 e. The summed E-state index contributed by atoms with van der Waals surface area (Å²) in [7, 11) is 0. The van der Waals surface area contributed by atoms with Crippen molar-refractivity contribution >= 4 is 29.5 Å². The smallest absolute Gasteiger partial charge is 0.382 e. The molecule has 274 valence electrons. The molecule has 0 aliphatic heterocycles. The van der Waals surface area contributed by atoms with Crippen LogP contribution in [0.5, 0.6) is 0 Å². The van der Waals surface area contributed by atoms with E-state index < -0.39 is 78.3 Å². The van der Waals surface area contributed by atoms with Crippen LogP contribution >= 0.6 is 0 Å². The van der Waals surface area contributed by atoms with Crippen molar-refractivity contribution in [1.82, 2.24) is 21.3 Å². The molecular weight excluding hydrogens is 667 g/mol. The fourth-order valence-electron chi connectivity index (χ4n) is 5.25. The van der Waals surface area contributed by atoms with Crippen molar-refractivity contribution < 1.29 is 42.3 Å². The Labute approximate surface area is 294 Å². The Morgan fingerprint density at radius 3 is 1.84 bits per heavy atom. The van der Waals surface area contributed by atoms with Gasteiger partial charge < -0.3 is 32.1 Å². The zero-order valence-corrected chi connectivity index (χ0v) is 28.6. The van der Waals surface area contributed by atoms with Crippen molar-refractivity contribution in [2.24, 2.45) is 11.7 Å². The van der Waals surface area contributed by atoms with Gasteiger partial charge in [0, 0.05) is 18.4 Å². The van der Waals surface area contributed by atoms with E-state index in [1.807, 2.05) is 30.3 Å². The van der Waals surface area contributed by atoms with Crippen molar-refractivity contribution in [2.45, 2.75) is 82.9 Å². The highest BCUT2D eigenvalue weighted by Gasteiger charge is 2.44. The van der Waals surface area contributed by atoms with Gasteiger partial charge in [-0.25, -0.2) is 0 Å². The van der Waals surface area contributed by atoms with E-state index in [0.29, 0.717) is 11.1 Å². The molecule has 5 atom stereocenters. The van der Waals surface area contributed by atoms with Crippen LogP contribution in [0.4, 0.5) is 13.2 Å². The van der Waals surface area contributed by atoms with Gasteiger partial charge in [-0.2, -0.15) is 13.2 Å². The van der Waals surface area contributed by atoms with Gasteiger partial charge in [0.2, 0.25) is 23.6 Å². The molecule has 0 aliphatic carbocycles. The van der Waals surface area contributed by atoms with E-state index in [-0.39, 0.29) is 19.3 Å². The zero-order valence-electron chi connectivity index (χ0n) is 28.6. The molecule has 5 unspecified atom stereocenters. The molecule has 0 fully saturated rings. The molecule has 14 heteroatoms. The molecule has 11 nitrogen and oxygen atoms in total. The van der Waals surface area contributed by atoms with Gasteiger partial charge in [-0.15, -0.1) is 0 Å². The number of carbonyl (C=O) groups is 5. The Balaban J connectivity index is 1.73. The maximum Gasteiger partial charge on any atom is 0.416 e. The number of hydrogen-bond acceptors (Lipinski definition) is 6. The van der Waals surface area contributed by atoms with Crippen molar-refractivity contribution in [3.63, 3.8) is 0 Å². The first kappa shape index (κ1) is 40.2. The summed E-state index contributed by atoms with van der Waals surface area (Å²) in [4.78, 5) is 64.4. The number of carbonyl (C=O) groups excluding carboxylic acids is 5. The van der Waals surface area contributed by atoms with Crippen LogP contribution in [0.2, 0.25) is 0 Å². The lowest BCUT2D eigenvalue weighted by atomic mass is 9.99. The fraction of sp³-hybridized carbons (Fsp3) is 0.378. The van der Waals surface area contributed by atoms with Crippen molar-refractivity contribution in [3.8, 4) is 11.1 Å².